The van der Waals surface area contributed by atoms with Crippen LogP contribution < -0.4 is 10.6 Å². The molecule has 0 aliphatic carbocycles. The van der Waals surface area contributed by atoms with Crippen molar-refractivity contribution in [3.63, 3.8) is 0 Å². The molecule has 0 bridgehead atoms. The molecule has 0 unspecified atom stereocenters. The minimum atomic E-state index is -0.205. The summed E-state index contributed by atoms with van der Waals surface area (Å²) in [6.07, 6.45) is 0. The minimum absolute atomic E-state index is 0.0288. The maximum absolute atomic E-state index is 10.6. The van der Waals surface area contributed by atoms with Gasteiger partial charge in [-0.1, -0.05) is 13.2 Å². The van der Waals surface area contributed by atoms with E-state index >= 15 is 0 Å². The number of carbonyl (C=O) groups is 2. The van der Waals surface area contributed by atoms with Gasteiger partial charge in [0, 0.05) is 24.2 Å². The number of aliphatic hydroxyl groups is 1. The van der Waals surface area contributed by atoms with Crippen molar-refractivity contribution in [2.45, 2.75) is 20.8 Å². The van der Waals surface area contributed by atoms with Crippen LogP contribution in [0.15, 0.2) is 24.3 Å². The van der Waals surface area contributed by atoms with E-state index in [-0.39, 0.29) is 18.4 Å². The zero-order valence-corrected chi connectivity index (χ0v) is 10.8. The van der Waals surface area contributed by atoms with Gasteiger partial charge in [-0.3, -0.25) is 9.59 Å². The molecule has 3 N–H and O–H groups in total. The van der Waals surface area contributed by atoms with Gasteiger partial charge in [-0.15, -0.1) is 0 Å². The Hall–Kier alpha value is -1.62. The Morgan fingerprint density at radius 3 is 1.71 bits per heavy atom. The van der Waals surface area contributed by atoms with E-state index in [9.17, 15) is 9.59 Å². The largest absolute Gasteiger partial charge is 0.395 e. The van der Waals surface area contributed by atoms with Gasteiger partial charge in [0.25, 0.3) is 0 Å². The molecule has 0 saturated carbocycles. The van der Waals surface area contributed by atoms with Gasteiger partial charge in [0.15, 0.2) is 0 Å². The van der Waals surface area contributed by atoms with Gasteiger partial charge < -0.3 is 15.7 Å². The van der Waals surface area contributed by atoms with E-state index in [0.29, 0.717) is 24.2 Å². The molecule has 0 fully saturated rings. The van der Waals surface area contributed by atoms with Crippen LogP contribution in [-0.4, -0.2) is 36.6 Å². The van der Waals surface area contributed by atoms with Crippen molar-refractivity contribution in [2.24, 2.45) is 0 Å². The fourth-order valence-electron chi connectivity index (χ4n) is 0.632. The first-order chi connectivity index (χ1) is 7.86. The minimum Gasteiger partial charge on any atom is -0.395 e. The number of carbonyl (C=O) groups excluding carboxylic acids is 2. The highest BCUT2D eigenvalue weighted by molar-refractivity contribution is 5.92. The monoisotopic (exact) mass is 242 g/mol. The predicted octanol–water partition coefficient (Wildman–Crippen LogP) is 0.370. The molecule has 0 aromatic rings. The van der Waals surface area contributed by atoms with Crippen LogP contribution in [0.4, 0.5) is 0 Å². The van der Waals surface area contributed by atoms with Crippen molar-refractivity contribution in [2.75, 3.05) is 19.7 Å². The third-order valence-corrected chi connectivity index (χ3v) is 1.51. The van der Waals surface area contributed by atoms with E-state index < -0.39 is 0 Å². The van der Waals surface area contributed by atoms with Crippen LogP contribution in [0.25, 0.3) is 0 Å². The molecule has 0 heterocycles. The number of aliphatic hydroxyl groups excluding tert-OH is 1. The van der Waals surface area contributed by atoms with Crippen LogP contribution in [0.3, 0.4) is 0 Å². The van der Waals surface area contributed by atoms with Crippen LogP contribution >= 0.6 is 0 Å². The third kappa shape index (κ3) is 12.3. The lowest BCUT2D eigenvalue weighted by Crippen LogP contribution is -2.26. The van der Waals surface area contributed by atoms with Crippen molar-refractivity contribution in [3.8, 4) is 0 Å². The quantitative estimate of drug-likeness (QED) is 0.609. The molecular formula is C12H22N2O3. The first-order valence-corrected chi connectivity index (χ1v) is 5.35. The maximum atomic E-state index is 10.6. The van der Waals surface area contributed by atoms with E-state index in [1.54, 1.807) is 13.8 Å². The Morgan fingerprint density at radius 2 is 1.47 bits per heavy atom. The molecule has 0 aromatic heterocycles. The first-order valence-electron chi connectivity index (χ1n) is 5.35. The Kier molecular flexibility index (Phi) is 11.4. The Bertz CT molecular complexity index is 285. The van der Waals surface area contributed by atoms with E-state index in [2.05, 4.69) is 23.8 Å². The summed E-state index contributed by atoms with van der Waals surface area (Å²) in [5.74, 6) is -0.267. The smallest absolute Gasteiger partial charge is 0.246 e. The normalized spacial score (nSPS) is 8.47. The Balaban J connectivity index is 0. The molecule has 5 heteroatoms. The summed E-state index contributed by atoms with van der Waals surface area (Å²) in [4.78, 5) is 21.1. The molecule has 0 atom stereocenters. The lowest BCUT2D eigenvalue weighted by Gasteiger charge is -1.99. The molecule has 0 aliphatic rings. The topological polar surface area (TPSA) is 78.4 Å². The first kappa shape index (κ1) is 17.8. The summed E-state index contributed by atoms with van der Waals surface area (Å²) in [6.45, 7) is 13.0. The van der Waals surface area contributed by atoms with E-state index in [4.69, 9.17) is 5.11 Å². The summed E-state index contributed by atoms with van der Waals surface area (Å²) in [7, 11) is 0. The van der Waals surface area contributed by atoms with Crippen LogP contribution in [0.2, 0.25) is 0 Å². The van der Waals surface area contributed by atoms with Crippen LogP contribution in [0.1, 0.15) is 20.8 Å². The number of hydrogen-bond donors (Lipinski definition) is 3. The SMILES string of the molecule is C=C(C)C(=O)NCC.C=C(C)C(=O)NCCO. The lowest BCUT2D eigenvalue weighted by molar-refractivity contribution is -0.118. The van der Waals surface area contributed by atoms with Gasteiger partial charge in [0.2, 0.25) is 11.8 Å². The molecule has 0 rings (SSSR count). The summed E-state index contributed by atoms with van der Waals surface area (Å²) in [6, 6.07) is 0. The van der Waals surface area contributed by atoms with E-state index in [0.717, 1.165) is 0 Å². The highest BCUT2D eigenvalue weighted by Gasteiger charge is 1.97. The standard InChI is InChI=1S/C6H11NO2.C6H11NO/c1-5(2)6(9)7-3-4-8;1-4-7-6(8)5(2)3/h8H,1,3-4H2,2H3,(H,7,9);2,4H2,1,3H3,(H,7,8). The average Bonchev–Trinajstić information content (AvgIpc) is 2.26. The number of rotatable bonds is 5. The molecule has 98 valence electrons. The summed E-state index contributed by atoms with van der Waals surface area (Å²) in [5.41, 5.74) is 1.02. The average molecular weight is 242 g/mol. The van der Waals surface area contributed by atoms with Crippen molar-refractivity contribution in [1.82, 2.24) is 10.6 Å². The van der Waals surface area contributed by atoms with Crippen molar-refractivity contribution >= 4 is 11.8 Å². The van der Waals surface area contributed by atoms with Crippen LogP contribution in [-0.2, 0) is 9.59 Å². The molecule has 5 nitrogen and oxygen atoms in total. The molecular weight excluding hydrogens is 220 g/mol. The number of nitrogens with one attached hydrogen (secondary N) is 2. The molecule has 0 aromatic carbocycles. The van der Waals surface area contributed by atoms with Crippen LogP contribution in [0, 0.1) is 0 Å². The second-order valence-corrected chi connectivity index (χ2v) is 3.40. The predicted molar refractivity (Wildman–Crippen MR) is 68.4 cm³/mol. The lowest BCUT2D eigenvalue weighted by atomic mass is 10.3. The highest BCUT2D eigenvalue weighted by atomic mass is 16.3. The zero-order chi connectivity index (χ0) is 13.8. The second kappa shape index (κ2) is 10.9. The second-order valence-electron chi connectivity index (χ2n) is 3.40. The number of amides is 2. The third-order valence-electron chi connectivity index (χ3n) is 1.51. The summed E-state index contributed by atoms with van der Waals surface area (Å²) in [5, 5.41) is 13.3. The van der Waals surface area contributed by atoms with Gasteiger partial charge >= 0.3 is 0 Å². The van der Waals surface area contributed by atoms with Crippen molar-refractivity contribution < 1.29 is 14.7 Å². The summed E-state index contributed by atoms with van der Waals surface area (Å²) >= 11 is 0. The fourth-order valence-corrected chi connectivity index (χ4v) is 0.632. The fraction of sp³-hybridized carbons (Fsp3) is 0.500. The molecule has 0 spiro atoms. The summed E-state index contributed by atoms with van der Waals surface area (Å²) < 4.78 is 0. The van der Waals surface area contributed by atoms with Crippen molar-refractivity contribution in [1.29, 1.82) is 0 Å². The van der Waals surface area contributed by atoms with Crippen LogP contribution in [0.5, 0.6) is 0 Å². The van der Waals surface area contributed by atoms with Crippen molar-refractivity contribution in [3.05, 3.63) is 24.3 Å². The van der Waals surface area contributed by atoms with Gasteiger partial charge in [0.1, 0.15) is 0 Å². The molecule has 17 heavy (non-hydrogen) atoms. The molecule has 0 radical (unpaired) electrons. The Morgan fingerprint density at radius 1 is 1.06 bits per heavy atom. The van der Waals surface area contributed by atoms with E-state index in [1.807, 2.05) is 6.92 Å². The number of hydrogen-bond acceptors (Lipinski definition) is 3. The maximum Gasteiger partial charge on any atom is 0.246 e. The van der Waals surface area contributed by atoms with Gasteiger partial charge in [-0.25, -0.2) is 0 Å². The highest BCUT2D eigenvalue weighted by Crippen LogP contribution is 1.83. The van der Waals surface area contributed by atoms with Gasteiger partial charge in [-0.2, -0.15) is 0 Å². The Labute approximate surface area is 103 Å². The van der Waals surface area contributed by atoms with Gasteiger partial charge in [0.05, 0.1) is 6.61 Å². The molecule has 0 saturated heterocycles. The van der Waals surface area contributed by atoms with Gasteiger partial charge in [-0.05, 0) is 20.8 Å². The van der Waals surface area contributed by atoms with E-state index in [1.165, 1.54) is 0 Å². The molecule has 0 aliphatic heterocycles. The zero-order valence-electron chi connectivity index (χ0n) is 10.8. The molecule has 2 amide bonds. The number of likely N-dealkylation sites (N-methyl/N-ethyl adjacent to an activating group) is 1.